The van der Waals surface area contributed by atoms with E-state index in [9.17, 15) is 4.79 Å². The first-order chi connectivity index (χ1) is 8.27. The summed E-state index contributed by atoms with van der Waals surface area (Å²) in [6, 6.07) is 3.35. The number of nitrogens with zero attached hydrogens (tertiary/aromatic N) is 1. The molecule has 1 aromatic rings. The largest absolute Gasteiger partial charge is 0.496 e. The minimum absolute atomic E-state index is 0.0576. The summed E-state index contributed by atoms with van der Waals surface area (Å²) in [5.74, 6) is 0. The van der Waals surface area contributed by atoms with Crippen molar-refractivity contribution < 1.29 is 9.31 Å². The number of hydrogen-bond donors (Lipinski definition) is 1. The highest BCUT2D eigenvalue weighted by Crippen LogP contribution is 2.36. The van der Waals surface area contributed by atoms with Gasteiger partial charge >= 0.3 is 7.12 Å². The summed E-state index contributed by atoms with van der Waals surface area (Å²) in [6.45, 7) is 7.79. The van der Waals surface area contributed by atoms with E-state index in [1.807, 2.05) is 33.8 Å². The molecule has 2 heterocycles. The van der Waals surface area contributed by atoms with Crippen LogP contribution in [0.3, 0.4) is 0 Å². The third-order valence-electron chi connectivity index (χ3n) is 3.57. The molecule has 1 aliphatic rings. The van der Waals surface area contributed by atoms with Crippen molar-refractivity contribution in [2.24, 2.45) is 0 Å². The van der Waals surface area contributed by atoms with Crippen LogP contribution < -0.4 is 11.0 Å². The van der Waals surface area contributed by atoms with E-state index >= 15 is 0 Å². The van der Waals surface area contributed by atoms with E-state index < -0.39 is 23.9 Å². The molecule has 1 aromatic heterocycles. The number of aromatic amines is 1. The first kappa shape index (κ1) is 12.9. The lowest BCUT2D eigenvalue weighted by molar-refractivity contribution is 0.00578. The van der Waals surface area contributed by atoms with Crippen molar-refractivity contribution in [2.45, 2.75) is 38.9 Å². The fourth-order valence-corrected chi connectivity index (χ4v) is 1.70. The second-order valence-corrected chi connectivity index (χ2v) is 5.38. The molecule has 1 fully saturated rings. The summed E-state index contributed by atoms with van der Waals surface area (Å²) in [5, 5.41) is 8.84. The van der Waals surface area contributed by atoms with E-state index in [1.165, 1.54) is 12.3 Å². The van der Waals surface area contributed by atoms with Gasteiger partial charge in [-0.1, -0.05) is 0 Å². The summed E-state index contributed by atoms with van der Waals surface area (Å²) in [4.78, 5) is 13.8. The molecule has 0 spiro atoms. The molecule has 5 nitrogen and oxygen atoms in total. The monoisotopic (exact) mass is 246 g/mol. The predicted octanol–water partition coefficient (Wildman–Crippen LogP) is 0.546. The van der Waals surface area contributed by atoms with Crippen molar-refractivity contribution >= 4 is 12.6 Å². The summed E-state index contributed by atoms with van der Waals surface area (Å²) < 4.78 is 11.7. The van der Waals surface area contributed by atoms with Gasteiger partial charge < -0.3 is 14.3 Å². The fourth-order valence-electron chi connectivity index (χ4n) is 1.70. The van der Waals surface area contributed by atoms with Crippen LogP contribution in [0.15, 0.2) is 17.1 Å². The number of hydrogen-bond acceptors (Lipinski definition) is 4. The maximum Gasteiger partial charge on any atom is 0.496 e. The van der Waals surface area contributed by atoms with E-state index in [1.54, 1.807) is 0 Å². The van der Waals surface area contributed by atoms with Crippen LogP contribution in [0, 0.1) is 11.3 Å². The lowest BCUT2D eigenvalue weighted by Crippen LogP contribution is -2.41. The minimum atomic E-state index is -0.570. The van der Waals surface area contributed by atoms with Crippen LogP contribution in [-0.2, 0) is 9.31 Å². The smallest absolute Gasteiger partial charge is 0.399 e. The van der Waals surface area contributed by atoms with Gasteiger partial charge in [0.2, 0.25) is 0 Å². The highest BCUT2D eigenvalue weighted by molar-refractivity contribution is 6.62. The first-order valence-corrected chi connectivity index (χ1v) is 5.75. The quantitative estimate of drug-likeness (QED) is 0.734. The van der Waals surface area contributed by atoms with Gasteiger partial charge in [-0.2, -0.15) is 5.26 Å². The summed E-state index contributed by atoms with van der Waals surface area (Å²) >= 11 is 0. The van der Waals surface area contributed by atoms with Crippen molar-refractivity contribution in [2.75, 3.05) is 0 Å². The zero-order valence-corrected chi connectivity index (χ0v) is 10.9. The number of aromatic nitrogens is 1. The van der Waals surface area contributed by atoms with Crippen LogP contribution in [0.2, 0.25) is 0 Å². The van der Waals surface area contributed by atoms with Crippen LogP contribution in [0.5, 0.6) is 0 Å². The molecule has 0 amide bonds. The van der Waals surface area contributed by atoms with Crippen LogP contribution in [-0.4, -0.2) is 23.3 Å². The minimum Gasteiger partial charge on any atom is -0.399 e. The average molecular weight is 246 g/mol. The molecule has 6 heteroatoms. The van der Waals surface area contributed by atoms with Gasteiger partial charge in [0.1, 0.15) is 11.6 Å². The molecule has 94 valence electrons. The van der Waals surface area contributed by atoms with E-state index in [2.05, 4.69) is 4.98 Å². The van der Waals surface area contributed by atoms with Crippen LogP contribution in [0.4, 0.5) is 0 Å². The molecule has 1 N–H and O–H groups in total. The molecule has 1 aliphatic heterocycles. The fraction of sp³-hybridized carbons (Fsp3) is 0.500. The number of nitriles is 1. The molecule has 1 saturated heterocycles. The van der Waals surface area contributed by atoms with Gasteiger partial charge in [0, 0.05) is 11.7 Å². The average Bonchev–Trinajstić information content (AvgIpc) is 2.49. The molecule has 0 atom stereocenters. The SMILES string of the molecule is CC1(C)OB(c2c[nH]c(=O)c(C#N)c2)OC1(C)C. The Bertz CT molecular complexity index is 555. The van der Waals surface area contributed by atoms with Gasteiger partial charge in [-0.25, -0.2) is 0 Å². The van der Waals surface area contributed by atoms with Gasteiger partial charge in [0.05, 0.1) is 11.2 Å². The topological polar surface area (TPSA) is 75.1 Å². The standard InChI is InChI=1S/C12H15BN2O3/c1-11(2)12(3,4)18-13(17-11)9-5-8(6-14)10(16)15-7-9/h5,7H,1-4H3,(H,15,16). The molecular formula is C12H15BN2O3. The Morgan fingerprint density at radius 3 is 2.33 bits per heavy atom. The second kappa shape index (κ2) is 3.97. The lowest BCUT2D eigenvalue weighted by Gasteiger charge is -2.32. The zero-order valence-electron chi connectivity index (χ0n) is 10.9. The molecule has 18 heavy (non-hydrogen) atoms. The maximum absolute atomic E-state index is 11.3. The lowest BCUT2D eigenvalue weighted by atomic mass is 9.80. The zero-order chi connectivity index (χ0) is 13.6. The summed E-state index contributed by atoms with van der Waals surface area (Å²) in [6.07, 6.45) is 1.52. The van der Waals surface area contributed by atoms with Crippen molar-refractivity contribution in [3.8, 4) is 6.07 Å². The number of rotatable bonds is 1. The molecule has 0 bridgehead atoms. The molecular weight excluding hydrogens is 231 g/mol. The van der Waals surface area contributed by atoms with Crippen LogP contribution >= 0.6 is 0 Å². The Balaban J connectivity index is 2.36. The number of nitrogens with one attached hydrogen (secondary N) is 1. The first-order valence-electron chi connectivity index (χ1n) is 5.75. The van der Waals surface area contributed by atoms with Gasteiger partial charge in [-0.05, 0) is 33.8 Å². The van der Waals surface area contributed by atoms with Crippen LogP contribution in [0.1, 0.15) is 33.3 Å². The van der Waals surface area contributed by atoms with Gasteiger partial charge in [0.25, 0.3) is 5.56 Å². The van der Waals surface area contributed by atoms with Gasteiger partial charge in [-0.15, -0.1) is 0 Å². The van der Waals surface area contributed by atoms with E-state index in [4.69, 9.17) is 14.6 Å². The number of H-pyrrole nitrogens is 1. The Kier molecular flexibility index (Phi) is 2.84. The van der Waals surface area contributed by atoms with E-state index in [-0.39, 0.29) is 5.56 Å². The Labute approximate surface area is 106 Å². The Morgan fingerprint density at radius 2 is 1.83 bits per heavy atom. The molecule has 2 rings (SSSR count). The predicted molar refractivity (Wildman–Crippen MR) is 67.5 cm³/mol. The molecule has 0 aromatic carbocycles. The molecule has 0 saturated carbocycles. The Hall–Kier alpha value is -1.58. The number of pyridine rings is 1. The Morgan fingerprint density at radius 1 is 1.28 bits per heavy atom. The third kappa shape index (κ3) is 1.96. The van der Waals surface area contributed by atoms with Crippen molar-refractivity contribution in [1.29, 1.82) is 5.26 Å². The third-order valence-corrected chi connectivity index (χ3v) is 3.57. The van der Waals surface area contributed by atoms with E-state index in [0.717, 1.165) is 0 Å². The highest BCUT2D eigenvalue weighted by Gasteiger charge is 2.51. The molecule has 0 aliphatic carbocycles. The van der Waals surface area contributed by atoms with Crippen LogP contribution in [0.25, 0.3) is 0 Å². The molecule has 0 unspecified atom stereocenters. The molecule has 0 radical (unpaired) electrons. The summed E-state index contributed by atoms with van der Waals surface area (Å²) in [5.41, 5.74) is -0.592. The van der Waals surface area contributed by atoms with Crippen molar-refractivity contribution in [3.05, 3.63) is 28.2 Å². The van der Waals surface area contributed by atoms with E-state index in [0.29, 0.717) is 5.46 Å². The maximum atomic E-state index is 11.3. The van der Waals surface area contributed by atoms with Crippen molar-refractivity contribution in [3.63, 3.8) is 0 Å². The van der Waals surface area contributed by atoms with Gasteiger partial charge in [-0.3, -0.25) is 4.79 Å². The second-order valence-electron chi connectivity index (χ2n) is 5.38. The highest BCUT2D eigenvalue weighted by atomic mass is 16.7. The summed E-state index contributed by atoms with van der Waals surface area (Å²) in [7, 11) is -0.570. The van der Waals surface area contributed by atoms with Crippen molar-refractivity contribution in [1.82, 2.24) is 4.98 Å². The van der Waals surface area contributed by atoms with Gasteiger partial charge in [0.15, 0.2) is 0 Å². The normalized spacial score (nSPS) is 20.7.